The highest BCUT2D eigenvalue weighted by molar-refractivity contribution is 5.85. The number of nitrogens with zero attached hydrogens (tertiary/aromatic N) is 4. The molecule has 0 bridgehead atoms. The van der Waals surface area contributed by atoms with Gasteiger partial charge in [-0.15, -0.1) is 0 Å². The molecule has 1 aliphatic carbocycles. The Hall–Kier alpha value is -2.30. The van der Waals surface area contributed by atoms with E-state index in [9.17, 15) is 0 Å². The quantitative estimate of drug-likeness (QED) is 0.916. The summed E-state index contributed by atoms with van der Waals surface area (Å²) in [5, 5.41) is 0. The van der Waals surface area contributed by atoms with Gasteiger partial charge in [0.25, 0.3) is 0 Å². The third-order valence-electron chi connectivity index (χ3n) is 5.11. The average Bonchev–Trinajstić information content (AvgIpc) is 2.62. The Balaban J connectivity index is 2.01. The first-order valence-corrected chi connectivity index (χ1v) is 9.12. The van der Waals surface area contributed by atoms with Gasteiger partial charge < -0.3 is 15.5 Å². The van der Waals surface area contributed by atoms with Crippen molar-refractivity contribution in [3.05, 3.63) is 29.8 Å². The SMILES string of the molecule is Cc1ccc(-c2c(N)nc(N(C)C3CCCCC3)nc2N(C)C)cc1. The zero-order valence-electron chi connectivity index (χ0n) is 15.8. The first kappa shape index (κ1) is 17.5. The summed E-state index contributed by atoms with van der Waals surface area (Å²) in [6, 6.07) is 8.87. The topological polar surface area (TPSA) is 58.3 Å². The summed E-state index contributed by atoms with van der Waals surface area (Å²) in [7, 11) is 6.10. The van der Waals surface area contributed by atoms with Crippen molar-refractivity contribution in [3.63, 3.8) is 0 Å². The van der Waals surface area contributed by atoms with Crippen LogP contribution in [0.2, 0.25) is 0 Å². The summed E-state index contributed by atoms with van der Waals surface area (Å²) in [5.41, 5.74) is 9.58. The summed E-state index contributed by atoms with van der Waals surface area (Å²) in [5.74, 6) is 2.14. The van der Waals surface area contributed by atoms with E-state index in [-0.39, 0.29) is 0 Å². The molecule has 0 atom stereocenters. The molecule has 2 aromatic rings. The van der Waals surface area contributed by atoms with Crippen molar-refractivity contribution in [1.29, 1.82) is 0 Å². The van der Waals surface area contributed by atoms with Crippen LogP contribution in [-0.2, 0) is 0 Å². The van der Waals surface area contributed by atoms with Gasteiger partial charge in [-0.2, -0.15) is 9.97 Å². The van der Waals surface area contributed by atoms with Crippen molar-refractivity contribution in [1.82, 2.24) is 9.97 Å². The summed E-state index contributed by atoms with van der Waals surface area (Å²) < 4.78 is 0. The Morgan fingerprint density at radius 3 is 2.20 bits per heavy atom. The lowest BCUT2D eigenvalue weighted by Gasteiger charge is -2.32. The molecular weight excluding hydrogens is 310 g/mol. The minimum absolute atomic E-state index is 0.508. The molecule has 1 aromatic carbocycles. The average molecular weight is 339 g/mol. The van der Waals surface area contributed by atoms with Gasteiger partial charge in [-0.1, -0.05) is 49.1 Å². The van der Waals surface area contributed by atoms with E-state index >= 15 is 0 Å². The van der Waals surface area contributed by atoms with Gasteiger partial charge in [0.2, 0.25) is 5.95 Å². The lowest BCUT2D eigenvalue weighted by Crippen LogP contribution is -2.35. The van der Waals surface area contributed by atoms with Gasteiger partial charge >= 0.3 is 0 Å². The maximum absolute atomic E-state index is 6.39. The van der Waals surface area contributed by atoms with Crippen LogP contribution in [0.5, 0.6) is 0 Å². The molecular formula is C20H29N5. The normalized spacial score (nSPS) is 15.2. The second-order valence-corrected chi connectivity index (χ2v) is 7.27. The summed E-state index contributed by atoms with van der Waals surface area (Å²) >= 11 is 0. The van der Waals surface area contributed by atoms with E-state index in [0.717, 1.165) is 22.9 Å². The Kier molecular flexibility index (Phi) is 5.11. The van der Waals surface area contributed by atoms with E-state index in [2.05, 4.69) is 48.1 Å². The van der Waals surface area contributed by atoms with Crippen molar-refractivity contribution in [2.24, 2.45) is 0 Å². The maximum Gasteiger partial charge on any atom is 0.229 e. The van der Waals surface area contributed by atoms with Crippen LogP contribution in [0.15, 0.2) is 24.3 Å². The Morgan fingerprint density at radius 1 is 0.960 bits per heavy atom. The third-order valence-corrected chi connectivity index (χ3v) is 5.11. The van der Waals surface area contributed by atoms with E-state index in [1.807, 2.05) is 19.0 Å². The number of anilines is 3. The fourth-order valence-electron chi connectivity index (χ4n) is 3.56. The van der Waals surface area contributed by atoms with Crippen LogP contribution in [0.25, 0.3) is 11.1 Å². The number of rotatable bonds is 4. The fourth-order valence-corrected chi connectivity index (χ4v) is 3.56. The minimum atomic E-state index is 0.508. The van der Waals surface area contributed by atoms with Gasteiger partial charge in [0.15, 0.2) is 0 Å². The standard InChI is InChI=1S/C20H29N5/c1-14-10-12-15(13-11-14)17-18(21)22-20(23-19(17)24(2)3)25(4)16-8-6-5-7-9-16/h10-13,16H,5-9H2,1-4H3,(H2,21,22,23). The molecule has 25 heavy (non-hydrogen) atoms. The van der Waals surface area contributed by atoms with Crippen LogP contribution in [0.4, 0.5) is 17.6 Å². The van der Waals surface area contributed by atoms with E-state index in [1.54, 1.807) is 0 Å². The largest absolute Gasteiger partial charge is 0.383 e. The smallest absolute Gasteiger partial charge is 0.229 e. The van der Waals surface area contributed by atoms with Crippen LogP contribution in [0.1, 0.15) is 37.7 Å². The lowest BCUT2D eigenvalue weighted by molar-refractivity contribution is 0.424. The molecule has 0 amide bonds. The number of aromatic nitrogens is 2. The van der Waals surface area contributed by atoms with Crippen LogP contribution in [-0.4, -0.2) is 37.2 Å². The second kappa shape index (κ2) is 7.30. The Labute approximate surface area is 150 Å². The third kappa shape index (κ3) is 3.70. The van der Waals surface area contributed by atoms with E-state index in [1.165, 1.54) is 37.7 Å². The van der Waals surface area contributed by atoms with E-state index in [0.29, 0.717) is 11.9 Å². The monoisotopic (exact) mass is 339 g/mol. The zero-order valence-corrected chi connectivity index (χ0v) is 15.8. The van der Waals surface area contributed by atoms with Gasteiger partial charge in [0.1, 0.15) is 11.6 Å². The van der Waals surface area contributed by atoms with Crippen LogP contribution in [0, 0.1) is 6.92 Å². The summed E-state index contributed by atoms with van der Waals surface area (Å²) in [4.78, 5) is 13.8. The summed E-state index contributed by atoms with van der Waals surface area (Å²) in [6.45, 7) is 2.08. The molecule has 3 rings (SSSR count). The Morgan fingerprint density at radius 2 is 1.60 bits per heavy atom. The first-order chi connectivity index (χ1) is 12.0. The molecule has 0 unspecified atom stereocenters. The highest BCUT2D eigenvalue weighted by Gasteiger charge is 2.23. The van der Waals surface area contributed by atoms with Crippen LogP contribution < -0.4 is 15.5 Å². The number of aryl methyl sites for hydroxylation is 1. The minimum Gasteiger partial charge on any atom is -0.383 e. The predicted octanol–water partition coefficient (Wildman–Crippen LogP) is 3.87. The molecule has 1 saturated carbocycles. The molecule has 2 N–H and O–H groups in total. The molecule has 0 saturated heterocycles. The number of hydrogen-bond acceptors (Lipinski definition) is 5. The van der Waals surface area contributed by atoms with Gasteiger partial charge in [-0.05, 0) is 25.3 Å². The molecule has 1 fully saturated rings. The molecule has 5 nitrogen and oxygen atoms in total. The van der Waals surface area contributed by atoms with Gasteiger partial charge in [0, 0.05) is 27.2 Å². The number of nitrogens with two attached hydrogens (primary N) is 1. The number of benzene rings is 1. The number of nitrogen functional groups attached to an aromatic ring is 1. The van der Waals surface area contributed by atoms with Gasteiger partial charge in [0.05, 0.1) is 5.56 Å². The first-order valence-electron chi connectivity index (χ1n) is 9.12. The van der Waals surface area contributed by atoms with Crippen molar-refractivity contribution in [3.8, 4) is 11.1 Å². The highest BCUT2D eigenvalue weighted by atomic mass is 15.3. The van der Waals surface area contributed by atoms with E-state index in [4.69, 9.17) is 10.7 Å². The molecule has 5 heteroatoms. The molecule has 134 valence electrons. The molecule has 0 spiro atoms. The molecule has 0 aliphatic heterocycles. The van der Waals surface area contributed by atoms with Gasteiger partial charge in [-0.25, -0.2) is 0 Å². The molecule has 1 aliphatic rings. The highest BCUT2D eigenvalue weighted by Crippen LogP contribution is 2.35. The lowest BCUT2D eigenvalue weighted by atomic mass is 9.95. The molecule has 0 radical (unpaired) electrons. The van der Waals surface area contributed by atoms with Crippen molar-refractivity contribution in [2.75, 3.05) is 36.7 Å². The predicted molar refractivity (Wildman–Crippen MR) is 106 cm³/mol. The zero-order chi connectivity index (χ0) is 18.0. The number of hydrogen-bond donors (Lipinski definition) is 1. The van der Waals surface area contributed by atoms with Crippen molar-refractivity contribution < 1.29 is 0 Å². The van der Waals surface area contributed by atoms with Gasteiger partial charge in [-0.3, -0.25) is 0 Å². The molecule has 1 heterocycles. The maximum atomic E-state index is 6.39. The van der Waals surface area contributed by atoms with Crippen LogP contribution >= 0.6 is 0 Å². The summed E-state index contributed by atoms with van der Waals surface area (Å²) in [6.07, 6.45) is 6.31. The van der Waals surface area contributed by atoms with Crippen molar-refractivity contribution in [2.45, 2.75) is 45.1 Å². The van der Waals surface area contributed by atoms with Crippen molar-refractivity contribution >= 4 is 17.6 Å². The van der Waals surface area contributed by atoms with E-state index < -0.39 is 0 Å². The Bertz CT molecular complexity index is 718. The second-order valence-electron chi connectivity index (χ2n) is 7.27. The van der Waals surface area contributed by atoms with Crippen LogP contribution in [0.3, 0.4) is 0 Å². The molecule has 1 aromatic heterocycles. The fraction of sp³-hybridized carbons (Fsp3) is 0.500.